The molecule has 102 valence electrons. The molecule has 2 N–H and O–H groups in total. The molecule has 0 atom stereocenters. The summed E-state index contributed by atoms with van der Waals surface area (Å²) >= 11 is 0. The Hall–Kier alpha value is -1.72. The van der Waals surface area contributed by atoms with Gasteiger partial charge in [0.05, 0.1) is 12.6 Å². The summed E-state index contributed by atoms with van der Waals surface area (Å²) < 4.78 is 0.818. The maximum atomic E-state index is 12.1. The van der Waals surface area contributed by atoms with Gasteiger partial charge in [-0.05, 0) is 12.8 Å². The summed E-state index contributed by atoms with van der Waals surface area (Å²) in [4.78, 5) is 6.19. The van der Waals surface area contributed by atoms with Crippen molar-refractivity contribution in [1.82, 2.24) is 4.98 Å². The van der Waals surface area contributed by atoms with Crippen molar-refractivity contribution in [3.63, 3.8) is 0 Å². The van der Waals surface area contributed by atoms with Crippen LogP contribution in [0, 0.1) is 5.21 Å². The summed E-state index contributed by atoms with van der Waals surface area (Å²) in [6.07, 6.45) is 1.92. The number of nitrogens with zero attached hydrogens (tertiary/aromatic N) is 3. The van der Waals surface area contributed by atoms with E-state index in [0.29, 0.717) is 11.8 Å². The third-order valence-corrected chi connectivity index (χ3v) is 2.44. The van der Waals surface area contributed by atoms with E-state index in [2.05, 4.69) is 22.5 Å². The Balaban J connectivity index is 3.03. The van der Waals surface area contributed by atoms with Gasteiger partial charge in [0.15, 0.2) is 11.6 Å². The van der Waals surface area contributed by atoms with Gasteiger partial charge in [0.1, 0.15) is 0 Å². The van der Waals surface area contributed by atoms with E-state index in [1.54, 1.807) is 6.07 Å². The van der Waals surface area contributed by atoms with E-state index in [0.717, 1.165) is 36.5 Å². The lowest BCUT2D eigenvalue weighted by atomic mass is 10.4. The predicted molar refractivity (Wildman–Crippen MR) is 75.1 cm³/mol. The molecule has 0 radical (unpaired) electrons. The van der Waals surface area contributed by atoms with Crippen molar-refractivity contribution in [1.29, 1.82) is 0 Å². The fourth-order valence-electron chi connectivity index (χ4n) is 1.43. The van der Waals surface area contributed by atoms with Crippen LogP contribution in [0.1, 0.15) is 26.7 Å². The maximum Gasteiger partial charge on any atom is 0.348 e. The second-order valence-electron chi connectivity index (χ2n) is 4.37. The molecule has 0 fully saturated rings. The van der Waals surface area contributed by atoms with Gasteiger partial charge in [0.25, 0.3) is 0 Å². The first kappa shape index (κ1) is 14.3. The van der Waals surface area contributed by atoms with Crippen molar-refractivity contribution in [3.8, 4) is 0 Å². The van der Waals surface area contributed by atoms with Crippen molar-refractivity contribution in [2.24, 2.45) is 0 Å². The van der Waals surface area contributed by atoms with Gasteiger partial charge in [0, 0.05) is 20.6 Å². The molecule has 0 unspecified atom stereocenters. The van der Waals surface area contributed by atoms with Crippen LogP contribution in [0.3, 0.4) is 0 Å². The van der Waals surface area contributed by atoms with E-state index < -0.39 is 0 Å². The Morgan fingerprint density at radius 2 is 1.83 bits per heavy atom. The fraction of sp³-hybridized carbons (Fsp3) is 0.667. The molecule has 0 aliphatic heterocycles. The Morgan fingerprint density at radius 1 is 1.22 bits per heavy atom. The largest absolute Gasteiger partial charge is 0.754 e. The van der Waals surface area contributed by atoms with Crippen molar-refractivity contribution >= 4 is 17.6 Å². The third kappa shape index (κ3) is 3.65. The molecular formula is C12H23N5O. The predicted octanol–water partition coefficient (Wildman–Crippen LogP) is 1.42. The standard InChI is InChI=1S/C12H23N5O/c1-5-7-13-10-9-11(16(3)4)15-12(17(10)18)14-8-6-2/h9,13H,5-8H2,1-4H3,(H,14,15). The van der Waals surface area contributed by atoms with Gasteiger partial charge in [-0.15, -0.1) is 0 Å². The van der Waals surface area contributed by atoms with Gasteiger partial charge >= 0.3 is 5.95 Å². The Bertz CT molecular complexity index is 352. The van der Waals surface area contributed by atoms with Gasteiger partial charge < -0.3 is 15.4 Å². The van der Waals surface area contributed by atoms with Gasteiger partial charge in [0.2, 0.25) is 0 Å². The van der Waals surface area contributed by atoms with Crippen molar-refractivity contribution < 1.29 is 4.73 Å². The number of rotatable bonds is 7. The summed E-state index contributed by atoms with van der Waals surface area (Å²) in [6, 6.07) is 1.76. The maximum absolute atomic E-state index is 12.1. The molecule has 0 aliphatic carbocycles. The molecule has 1 aromatic heterocycles. The molecule has 18 heavy (non-hydrogen) atoms. The molecule has 6 nitrogen and oxygen atoms in total. The summed E-state index contributed by atoms with van der Waals surface area (Å²) in [5.41, 5.74) is 0. The highest BCUT2D eigenvalue weighted by molar-refractivity contribution is 5.48. The first-order valence-corrected chi connectivity index (χ1v) is 6.39. The second kappa shape index (κ2) is 6.88. The zero-order chi connectivity index (χ0) is 13.5. The normalized spacial score (nSPS) is 10.2. The molecule has 1 heterocycles. The summed E-state index contributed by atoms with van der Waals surface area (Å²) in [5, 5.41) is 18.2. The zero-order valence-electron chi connectivity index (χ0n) is 11.7. The average molecular weight is 253 g/mol. The average Bonchev–Trinajstić information content (AvgIpc) is 2.35. The van der Waals surface area contributed by atoms with Crippen LogP contribution in [0.15, 0.2) is 6.07 Å². The first-order chi connectivity index (χ1) is 8.60. The third-order valence-electron chi connectivity index (χ3n) is 2.44. The molecule has 1 rings (SSSR count). The van der Waals surface area contributed by atoms with E-state index >= 15 is 0 Å². The lowest BCUT2D eigenvalue weighted by molar-refractivity contribution is -0.577. The van der Waals surface area contributed by atoms with Gasteiger partial charge in [-0.2, -0.15) is 0 Å². The second-order valence-corrected chi connectivity index (χ2v) is 4.37. The van der Waals surface area contributed by atoms with Crippen LogP contribution in [0.5, 0.6) is 0 Å². The zero-order valence-corrected chi connectivity index (χ0v) is 11.7. The minimum atomic E-state index is 0.349. The monoisotopic (exact) mass is 253 g/mol. The minimum absolute atomic E-state index is 0.349. The molecular weight excluding hydrogens is 230 g/mol. The summed E-state index contributed by atoms with van der Waals surface area (Å²) in [5.74, 6) is 1.65. The van der Waals surface area contributed by atoms with Crippen molar-refractivity contribution in [2.75, 3.05) is 42.7 Å². The lowest BCUT2D eigenvalue weighted by Gasteiger charge is -2.18. The number of hydrogen-bond donors (Lipinski definition) is 2. The van der Waals surface area contributed by atoms with Gasteiger partial charge in [-0.3, -0.25) is 5.32 Å². The van der Waals surface area contributed by atoms with Crippen LogP contribution in [0.2, 0.25) is 0 Å². The quantitative estimate of drug-likeness (QED) is 0.568. The van der Waals surface area contributed by atoms with Crippen LogP contribution in [0.4, 0.5) is 17.6 Å². The molecule has 1 aromatic rings. The Kier molecular flexibility index (Phi) is 5.48. The summed E-state index contributed by atoms with van der Waals surface area (Å²) in [7, 11) is 3.81. The van der Waals surface area contributed by atoms with Crippen LogP contribution in [-0.2, 0) is 0 Å². The number of nitrogens with one attached hydrogen (secondary N) is 2. The van der Waals surface area contributed by atoms with E-state index in [9.17, 15) is 5.21 Å². The molecule has 0 spiro atoms. The molecule has 0 aromatic carbocycles. The van der Waals surface area contributed by atoms with Crippen molar-refractivity contribution in [2.45, 2.75) is 26.7 Å². The van der Waals surface area contributed by atoms with Crippen LogP contribution in [0.25, 0.3) is 0 Å². The molecule has 0 aliphatic rings. The van der Waals surface area contributed by atoms with Crippen LogP contribution < -0.4 is 20.3 Å². The number of hydrogen-bond acceptors (Lipinski definition) is 5. The highest BCUT2D eigenvalue weighted by Gasteiger charge is 2.13. The number of aromatic nitrogens is 2. The van der Waals surface area contributed by atoms with E-state index in [-0.39, 0.29) is 0 Å². The molecule has 0 bridgehead atoms. The first-order valence-electron chi connectivity index (χ1n) is 6.39. The molecule has 6 heteroatoms. The van der Waals surface area contributed by atoms with Gasteiger partial charge in [-0.1, -0.05) is 18.8 Å². The van der Waals surface area contributed by atoms with E-state index in [4.69, 9.17) is 0 Å². The molecule has 0 saturated carbocycles. The van der Waals surface area contributed by atoms with Crippen LogP contribution in [-0.4, -0.2) is 32.2 Å². The van der Waals surface area contributed by atoms with E-state index in [1.165, 1.54) is 0 Å². The molecule has 0 saturated heterocycles. The fourth-order valence-corrected chi connectivity index (χ4v) is 1.43. The highest BCUT2D eigenvalue weighted by Crippen LogP contribution is 2.14. The van der Waals surface area contributed by atoms with Gasteiger partial charge in [-0.25, -0.2) is 4.73 Å². The Labute approximate surface area is 109 Å². The summed E-state index contributed by atoms with van der Waals surface area (Å²) in [6.45, 7) is 5.62. The molecule has 0 amide bonds. The highest BCUT2D eigenvalue weighted by atomic mass is 16.5. The topological polar surface area (TPSA) is 67.1 Å². The van der Waals surface area contributed by atoms with Crippen molar-refractivity contribution in [3.05, 3.63) is 11.3 Å². The van der Waals surface area contributed by atoms with Crippen LogP contribution >= 0.6 is 0 Å². The Morgan fingerprint density at radius 3 is 2.39 bits per heavy atom. The SMILES string of the molecule is CCCNc1cc(N(C)C)nc(NCCC)[n+]1[O-]. The minimum Gasteiger partial charge on any atom is -0.754 e. The smallest absolute Gasteiger partial charge is 0.348 e. The lowest BCUT2D eigenvalue weighted by Crippen LogP contribution is -2.37. The number of anilines is 3. The van der Waals surface area contributed by atoms with E-state index in [1.807, 2.05) is 25.9 Å².